The Morgan fingerprint density at radius 2 is 1.08 bits per heavy atom. The van der Waals surface area contributed by atoms with E-state index in [0.29, 0.717) is 0 Å². The smallest absolute Gasteiger partial charge is 0.0780 e. The number of hydrogen-bond donors (Lipinski definition) is 0. The van der Waals surface area contributed by atoms with Crippen molar-refractivity contribution in [2.24, 2.45) is 0 Å². The van der Waals surface area contributed by atoms with Gasteiger partial charge >= 0.3 is 0 Å². The summed E-state index contributed by atoms with van der Waals surface area (Å²) in [6.07, 6.45) is 1.91. The minimum absolute atomic E-state index is 0.467. The molecule has 1 aliphatic rings. The molecule has 48 heavy (non-hydrogen) atoms. The predicted molar refractivity (Wildman–Crippen MR) is 199 cm³/mol. The summed E-state index contributed by atoms with van der Waals surface area (Å²) in [5.74, 6) is 0. The van der Waals surface area contributed by atoms with E-state index >= 15 is 0 Å². The van der Waals surface area contributed by atoms with Crippen molar-refractivity contribution in [2.75, 3.05) is 0 Å². The molecule has 0 amide bonds. The van der Waals surface area contributed by atoms with Gasteiger partial charge in [0, 0.05) is 27.9 Å². The van der Waals surface area contributed by atoms with Crippen LogP contribution in [0.5, 0.6) is 0 Å². The molecule has 2 heteroatoms. The zero-order valence-corrected chi connectivity index (χ0v) is 26.2. The molecule has 2 nitrogen and oxygen atoms in total. The molecule has 0 saturated heterocycles. The maximum atomic E-state index is 4.82. The van der Waals surface area contributed by atoms with Crippen LogP contribution >= 0.6 is 0 Å². The van der Waals surface area contributed by atoms with E-state index in [1.807, 2.05) is 6.20 Å². The Kier molecular flexibility index (Phi) is 5.82. The van der Waals surface area contributed by atoms with E-state index in [1.165, 1.54) is 71.6 Å². The Bertz CT molecular complexity index is 2620. The second-order valence-electron chi connectivity index (χ2n) is 12.7. The Hall–Kier alpha value is -6.25. The number of para-hydroxylation sites is 2. The standard InChI is InChI=1S/C46H30N2/c1-3-16-35(17-4-1)46(36-18-5-2-6-19-36)40-22-9-10-24-43(40)48-42-26-25-33(30-39(42)38-21-12-23-41(46)45(38)48)32-14-11-15-34(29-32)44-37-20-8-7-13-31(37)27-28-47-44/h1-30H. The minimum atomic E-state index is -0.467. The molecule has 0 fully saturated rings. The van der Waals surface area contributed by atoms with E-state index in [9.17, 15) is 0 Å². The third kappa shape index (κ3) is 3.72. The van der Waals surface area contributed by atoms with Crippen LogP contribution in [0.4, 0.5) is 0 Å². The average Bonchev–Trinajstić information content (AvgIpc) is 3.50. The quantitative estimate of drug-likeness (QED) is 0.194. The van der Waals surface area contributed by atoms with Crippen molar-refractivity contribution in [3.63, 3.8) is 0 Å². The highest BCUT2D eigenvalue weighted by atomic mass is 15.0. The maximum absolute atomic E-state index is 4.82. The third-order valence-corrected chi connectivity index (χ3v) is 10.3. The first-order valence-corrected chi connectivity index (χ1v) is 16.6. The molecule has 0 saturated carbocycles. The Morgan fingerprint density at radius 3 is 1.92 bits per heavy atom. The van der Waals surface area contributed by atoms with E-state index in [4.69, 9.17) is 4.98 Å². The Morgan fingerprint density at radius 1 is 0.438 bits per heavy atom. The van der Waals surface area contributed by atoms with Gasteiger partial charge in [-0.25, -0.2) is 0 Å². The molecule has 3 heterocycles. The first-order chi connectivity index (χ1) is 23.8. The number of rotatable bonds is 4. The van der Waals surface area contributed by atoms with Crippen molar-refractivity contribution in [2.45, 2.75) is 5.41 Å². The van der Waals surface area contributed by atoms with Gasteiger partial charge in [0.05, 0.1) is 27.8 Å². The van der Waals surface area contributed by atoms with Crippen LogP contribution in [-0.4, -0.2) is 9.55 Å². The largest absolute Gasteiger partial charge is 0.309 e. The van der Waals surface area contributed by atoms with Crippen LogP contribution < -0.4 is 0 Å². The summed E-state index contributed by atoms with van der Waals surface area (Å²) >= 11 is 0. The number of hydrogen-bond acceptors (Lipinski definition) is 1. The van der Waals surface area contributed by atoms with E-state index in [-0.39, 0.29) is 0 Å². The SMILES string of the molecule is c1ccc(C2(c3ccccc3)c3ccccc3-n3c4ccc(-c5cccc(-c6nccc7ccccc67)c5)cc4c4cccc2c43)cc1. The number of benzene rings is 7. The van der Waals surface area contributed by atoms with Crippen molar-refractivity contribution >= 4 is 32.6 Å². The van der Waals surface area contributed by atoms with E-state index in [0.717, 1.165) is 11.3 Å². The molecule has 0 bridgehead atoms. The molecule has 7 aromatic carbocycles. The van der Waals surface area contributed by atoms with Gasteiger partial charge in [0.25, 0.3) is 0 Å². The number of fused-ring (bicyclic) bond motifs is 6. The van der Waals surface area contributed by atoms with Gasteiger partial charge in [-0.15, -0.1) is 0 Å². The number of aromatic nitrogens is 2. The average molecular weight is 611 g/mol. The zero-order chi connectivity index (χ0) is 31.7. The normalized spacial score (nSPS) is 13.2. The lowest BCUT2D eigenvalue weighted by atomic mass is 9.63. The summed E-state index contributed by atoms with van der Waals surface area (Å²) in [7, 11) is 0. The third-order valence-electron chi connectivity index (χ3n) is 10.3. The lowest BCUT2D eigenvalue weighted by Crippen LogP contribution is -2.35. The van der Waals surface area contributed by atoms with Gasteiger partial charge in [-0.1, -0.05) is 146 Å². The Labute approximate surface area is 279 Å². The molecule has 0 spiro atoms. The molecule has 0 N–H and O–H groups in total. The van der Waals surface area contributed by atoms with Crippen LogP contribution in [0.1, 0.15) is 22.3 Å². The van der Waals surface area contributed by atoms with Gasteiger partial charge in [0.2, 0.25) is 0 Å². The molecule has 9 aromatic rings. The fraction of sp³-hybridized carbons (Fsp3) is 0.0217. The maximum Gasteiger partial charge on any atom is 0.0780 e. The second-order valence-corrected chi connectivity index (χ2v) is 12.7. The summed E-state index contributed by atoms with van der Waals surface area (Å²) in [4.78, 5) is 4.82. The highest BCUT2D eigenvalue weighted by Gasteiger charge is 2.45. The van der Waals surface area contributed by atoms with Crippen LogP contribution in [0.25, 0.3) is 60.6 Å². The first-order valence-electron chi connectivity index (χ1n) is 16.6. The van der Waals surface area contributed by atoms with Gasteiger partial charge < -0.3 is 4.57 Å². The second kappa shape index (κ2) is 10.4. The zero-order valence-electron chi connectivity index (χ0n) is 26.2. The molecular weight excluding hydrogens is 581 g/mol. The fourth-order valence-electron chi connectivity index (χ4n) is 8.29. The lowest BCUT2D eigenvalue weighted by Gasteiger charge is -2.41. The van der Waals surface area contributed by atoms with Crippen LogP contribution in [-0.2, 0) is 5.41 Å². The van der Waals surface area contributed by atoms with E-state index in [2.05, 4.69) is 180 Å². The molecule has 1 aliphatic heterocycles. The minimum Gasteiger partial charge on any atom is -0.309 e. The highest BCUT2D eigenvalue weighted by Crippen LogP contribution is 2.54. The number of nitrogens with zero attached hydrogens (tertiary/aromatic N) is 2. The topological polar surface area (TPSA) is 17.8 Å². The van der Waals surface area contributed by atoms with Gasteiger partial charge in [0.1, 0.15) is 0 Å². The van der Waals surface area contributed by atoms with Crippen molar-refractivity contribution in [1.29, 1.82) is 0 Å². The summed E-state index contributed by atoms with van der Waals surface area (Å²) < 4.78 is 2.50. The molecule has 0 atom stereocenters. The summed E-state index contributed by atoms with van der Waals surface area (Å²) in [6, 6.07) is 64.3. The Balaban J connectivity index is 1.24. The van der Waals surface area contributed by atoms with Crippen LogP contribution in [0.15, 0.2) is 182 Å². The van der Waals surface area contributed by atoms with E-state index in [1.54, 1.807) is 0 Å². The summed E-state index contributed by atoms with van der Waals surface area (Å²) in [5.41, 5.74) is 12.9. The molecule has 0 radical (unpaired) electrons. The lowest BCUT2D eigenvalue weighted by molar-refractivity contribution is 0.728. The molecule has 224 valence electrons. The van der Waals surface area contributed by atoms with Crippen molar-refractivity contribution in [1.82, 2.24) is 9.55 Å². The van der Waals surface area contributed by atoms with Crippen molar-refractivity contribution in [3.05, 3.63) is 204 Å². The molecule has 0 aliphatic carbocycles. The van der Waals surface area contributed by atoms with Crippen LogP contribution in [0, 0.1) is 0 Å². The molecule has 0 unspecified atom stereocenters. The van der Waals surface area contributed by atoms with Crippen LogP contribution in [0.2, 0.25) is 0 Å². The van der Waals surface area contributed by atoms with E-state index < -0.39 is 5.41 Å². The van der Waals surface area contributed by atoms with Crippen LogP contribution in [0.3, 0.4) is 0 Å². The van der Waals surface area contributed by atoms with Gasteiger partial charge in [0.15, 0.2) is 0 Å². The van der Waals surface area contributed by atoms with Crippen molar-refractivity contribution in [3.8, 4) is 28.1 Å². The fourth-order valence-corrected chi connectivity index (χ4v) is 8.29. The first kappa shape index (κ1) is 26.9. The van der Waals surface area contributed by atoms with Crippen molar-refractivity contribution < 1.29 is 0 Å². The highest BCUT2D eigenvalue weighted by molar-refractivity contribution is 6.13. The van der Waals surface area contributed by atoms with Gasteiger partial charge in [-0.2, -0.15) is 0 Å². The summed E-state index contributed by atoms with van der Waals surface area (Å²) in [5, 5.41) is 4.89. The summed E-state index contributed by atoms with van der Waals surface area (Å²) in [6.45, 7) is 0. The predicted octanol–water partition coefficient (Wildman–Crippen LogP) is 11.4. The molecular formula is C46H30N2. The monoisotopic (exact) mass is 610 g/mol. The molecule has 2 aromatic heterocycles. The van der Waals surface area contributed by atoms with Gasteiger partial charge in [-0.05, 0) is 69.1 Å². The van der Waals surface area contributed by atoms with Gasteiger partial charge in [-0.3, -0.25) is 4.98 Å². The number of pyridine rings is 1. The molecule has 10 rings (SSSR count).